The number of hydrogen-bond donors (Lipinski definition) is 1. The molecule has 3 fully saturated rings. The second-order valence-corrected chi connectivity index (χ2v) is 8.22. The molecule has 1 N–H and O–H groups in total. The van der Waals surface area contributed by atoms with Crippen LogP contribution in [0.15, 0.2) is 0 Å². The minimum atomic E-state index is 0.476. The third-order valence-electron chi connectivity index (χ3n) is 6.53. The molecule has 1 heterocycles. The molecule has 0 spiro atoms. The molecule has 0 radical (unpaired) electrons. The van der Waals surface area contributed by atoms with Crippen molar-refractivity contribution in [3.05, 3.63) is 0 Å². The molecule has 20 heavy (non-hydrogen) atoms. The average Bonchev–Trinajstić information content (AvgIpc) is 2.75. The van der Waals surface area contributed by atoms with Crippen molar-refractivity contribution >= 4 is 0 Å². The molecule has 3 rings (SSSR count). The van der Waals surface area contributed by atoms with Gasteiger partial charge in [-0.05, 0) is 56.0 Å². The van der Waals surface area contributed by atoms with Crippen molar-refractivity contribution in [1.82, 2.24) is 10.2 Å². The smallest absolute Gasteiger partial charge is 0.0274 e. The summed E-state index contributed by atoms with van der Waals surface area (Å²) < 4.78 is 0. The predicted octanol–water partition coefficient (Wildman–Crippen LogP) is 3.67. The first-order chi connectivity index (χ1) is 9.62. The summed E-state index contributed by atoms with van der Waals surface area (Å²) in [6.07, 6.45) is 10.3. The molecule has 4 unspecified atom stereocenters. The van der Waals surface area contributed by atoms with E-state index in [-0.39, 0.29) is 0 Å². The number of nitrogens with zero attached hydrogens (tertiary/aromatic N) is 1. The Balaban J connectivity index is 1.66. The largest absolute Gasteiger partial charge is 0.312 e. The number of likely N-dealkylation sites (tertiary alicyclic amines) is 1. The molecule has 0 aromatic carbocycles. The molecule has 4 atom stereocenters. The lowest BCUT2D eigenvalue weighted by Crippen LogP contribution is -2.55. The van der Waals surface area contributed by atoms with Gasteiger partial charge >= 0.3 is 0 Å². The highest BCUT2D eigenvalue weighted by Gasteiger charge is 2.45. The fourth-order valence-corrected chi connectivity index (χ4v) is 5.32. The van der Waals surface area contributed by atoms with E-state index in [1.807, 2.05) is 0 Å². The van der Waals surface area contributed by atoms with E-state index >= 15 is 0 Å². The second kappa shape index (κ2) is 5.96. The van der Waals surface area contributed by atoms with Crippen LogP contribution in [0.2, 0.25) is 0 Å². The van der Waals surface area contributed by atoms with E-state index in [0.717, 1.165) is 24.4 Å². The number of hydrogen-bond acceptors (Lipinski definition) is 2. The molecule has 3 aliphatic rings. The summed E-state index contributed by atoms with van der Waals surface area (Å²) in [6, 6.07) is 1.50. The van der Waals surface area contributed by atoms with E-state index in [2.05, 4.69) is 31.0 Å². The highest BCUT2D eigenvalue weighted by atomic mass is 15.2. The highest BCUT2D eigenvalue weighted by molar-refractivity contribution is 5.02. The molecule has 2 saturated carbocycles. The van der Waals surface area contributed by atoms with Crippen LogP contribution in [-0.2, 0) is 0 Å². The van der Waals surface area contributed by atoms with Crippen LogP contribution in [0.3, 0.4) is 0 Å². The van der Waals surface area contributed by atoms with Gasteiger partial charge in [-0.3, -0.25) is 4.90 Å². The first kappa shape index (κ1) is 14.8. The Kier molecular flexibility index (Phi) is 4.42. The van der Waals surface area contributed by atoms with E-state index in [4.69, 9.17) is 0 Å². The van der Waals surface area contributed by atoms with Gasteiger partial charge in [0.05, 0.1) is 0 Å². The number of fused-ring (bicyclic) bond motifs is 1. The van der Waals surface area contributed by atoms with Crippen molar-refractivity contribution < 1.29 is 0 Å². The molecular weight excluding hydrogens is 244 g/mol. The van der Waals surface area contributed by atoms with Crippen molar-refractivity contribution in [3.63, 3.8) is 0 Å². The van der Waals surface area contributed by atoms with Crippen molar-refractivity contribution in [3.8, 4) is 0 Å². The van der Waals surface area contributed by atoms with E-state index < -0.39 is 0 Å². The summed E-state index contributed by atoms with van der Waals surface area (Å²) in [4.78, 5) is 2.87. The maximum atomic E-state index is 3.81. The van der Waals surface area contributed by atoms with Crippen molar-refractivity contribution in [2.24, 2.45) is 17.3 Å². The molecule has 0 bridgehead atoms. The number of piperidine rings is 1. The zero-order valence-electron chi connectivity index (χ0n) is 13.8. The lowest BCUT2D eigenvalue weighted by Gasteiger charge is -2.46. The second-order valence-electron chi connectivity index (χ2n) is 8.22. The van der Waals surface area contributed by atoms with Gasteiger partial charge in [0.2, 0.25) is 0 Å². The summed E-state index contributed by atoms with van der Waals surface area (Å²) in [5.74, 6) is 2.08. The predicted molar refractivity (Wildman–Crippen MR) is 85.9 cm³/mol. The van der Waals surface area contributed by atoms with Gasteiger partial charge in [0.15, 0.2) is 0 Å². The summed E-state index contributed by atoms with van der Waals surface area (Å²) in [6.45, 7) is 11.1. The third kappa shape index (κ3) is 2.78. The van der Waals surface area contributed by atoms with Gasteiger partial charge in [-0.25, -0.2) is 0 Å². The molecule has 1 saturated heterocycles. The number of likely N-dealkylation sites (N-methyl/N-ethyl adjacent to an activating group) is 1. The fourth-order valence-electron chi connectivity index (χ4n) is 5.32. The van der Waals surface area contributed by atoms with Crippen LogP contribution in [0.25, 0.3) is 0 Å². The van der Waals surface area contributed by atoms with Gasteiger partial charge in [-0.2, -0.15) is 0 Å². The van der Waals surface area contributed by atoms with Crippen LogP contribution < -0.4 is 5.32 Å². The summed E-state index contributed by atoms with van der Waals surface area (Å²) >= 11 is 0. The monoisotopic (exact) mass is 278 g/mol. The van der Waals surface area contributed by atoms with Gasteiger partial charge in [-0.1, -0.05) is 40.0 Å². The van der Waals surface area contributed by atoms with E-state index in [9.17, 15) is 0 Å². The molecule has 0 aromatic rings. The van der Waals surface area contributed by atoms with Crippen LogP contribution in [0, 0.1) is 17.3 Å². The van der Waals surface area contributed by atoms with Crippen LogP contribution in [0.1, 0.15) is 65.7 Å². The minimum absolute atomic E-state index is 0.476. The van der Waals surface area contributed by atoms with Gasteiger partial charge in [-0.15, -0.1) is 0 Å². The maximum absolute atomic E-state index is 3.81. The molecular formula is C18H34N2. The van der Waals surface area contributed by atoms with Crippen LogP contribution in [-0.4, -0.2) is 36.6 Å². The van der Waals surface area contributed by atoms with E-state index in [1.165, 1.54) is 58.0 Å². The minimum Gasteiger partial charge on any atom is -0.312 e. The Morgan fingerprint density at radius 2 is 1.80 bits per heavy atom. The maximum Gasteiger partial charge on any atom is 0.0274 e. The van der Waals surface area contributed by atoms with Crippen molar-refractivity contribution in [2.45, 2.75) is 77.8 Å². The standard InChI is InChI=1S/C18H34N2/c1-4-19-17-16(9-11-18(17,2)3)20-12-10-14-7-5-6-8-15(14)13-20/h14-17,19H,4-13H2,1-3H3. The Bertz CT molecular complexity index is 325. The van der Waals surface area contributed by atoms with Gasteiger partial charge in [0, 0.05) is 18.6 Å². The molecule has 2 heteroatoms. The Morgan fingerprint density at radius 3 is 2.55 bits per heavy atom. The zero-order chi connectivity index (χ0) is 14.2. The first-order valence-corrected chi connectivity index (χ1v) is 9.09. The number of nitrogens with one attached hydrogen (secondary N) is 1. The Hall–Kier alpha value is -0.0800. The van der Waals surface area contributed by atoms with Crippen molar-refractivity contribution in [1.29, 1.82) is 0 Å². The molecule has 0 aromatic heterocycles. The molecule has 0 amide bonds. The fraction of sp³-hybridized carbons (Fsp3) is 1.00. The molecule has 1 aliphatic heterocycles. The van der Waals surface area contributed by atoms with Gasteiger partial charge < -0.3 is 5.32 Å². The topological polar surface area (TPSA) is 15.3 Å². The zero-order valence-corrected chi connectivity index (χ0v) is 13.8. The third-order valence-corrected chi connectivity index (χ3v) is 6.53. The average molecular weight is 278 g/mol. The van der Waals surface area contributed by atoms with Crippen LogP contribution in [0.5, 0.6) is 0 Å². The summed E-state index contributed by atoms with van der Waals surface area (Å²) in [7, 11) is 0. The van der Waals surface area contributed by atoms with E-state index in [1.54, 1.807) is 0 Å². The number of rotatable bonds is 3. The Morgan fingerprint density at radius 1 is 1.05 bits per heavy atom. The molecule has 2 aliphatic carbocycles. The normalized spacial score (nSPS) is 41.5. The summed E-state index contributed by atoms with van der Waals surface area (Å²) in [5.41, 5.74) is 0.476. The van der Waals surface area contributed by atoms with Crippen LogP contribution in [0.4, 0.5) is 0 Å². The lowest BCUT2D eigenvalue weighted by molar-refractivity contribution is 0.0432. The quantitative estimate of drug-likeness (QED) is 0.847. The Labute approximate surface area is 125 Å². The first-order valence-electron chi connectivity index (χ1n) is 9.09. The van der Waals surface area contributed by atoms with Gasteiger partial charge in [0.1, 0.15) is 0 Å². The van der Waals surface area contributed by atoms with Crippen LogP contribution >= 0.6 is 0 Å². The molecule has 116 valence electrons. The highest BCUT2D eigenvalue weighted by Crippen LogP contribution is 2.43. The molecule has 2 nitrogen and oxygen atoms in total. The summed E-state index contributed by atoms with van der Waals surface area (Å²) in [5, 5.41) is 3.81. The van der Waals surface area contributed by atoms with E-state index in [0.29, 0.717) is 11.5 Å². The van der Waals surface area contributed by atoms with Gasteiger partial charge in [0.25, 0.3) is 0 Å². The van der Waals surface area contributed by atoms with Crippen molar-refractivity contribution in [2.75, 3.05) is 19.6 Å². The SMILES string of the molecule is CCNC1C(N2CCC3CCCCC3C2)CCC1(C)C. The lowest BCUT2D eigenvalue weighted by atomic mass is 9.74.